The molecule has 1 saturated heterocycles. The lowest BCUT2D eigenvalue weighted by atomic mass is 10.1. The summed E-state index contributed by atoms with van der Waals surface area (Å²) < 4.78 is 46.5. The molecule has 1 N–H and O–H groups in total. The first-order chi connectivity index (χ1) is 9.65. The van der Waals surface area contributed by atoms with E-state index in [2.05, 4.69) is 26.0 Å². The highest BCUT2D eigenvalue weighted by Gasteiger charge is 2.32. The zero-order valence-corrected chi connectivity index (χ0v) is 13.3. The molecular formula is C14H17BrF3NO2. The minimum atomic E-state index is -4.69. The maximum absolute atomic E-state index is 12.2. The lowest BCUT2D eigenvalue weighted by Crippen LogP contribution is -2.24. The van der Waals surface area contributed by atoms with Crippen molar-refractivity contribution in [3.63, 3.8) is 0 Å². The predicted molar refractivity (Wildman–Crippen MR) is 77.5 cm³/mol. The normalized spacial score (nSPS) is 21.3. The Hall–Kier alpha value is -0.950. The number of ether oxygens (including phenoxy) is 2. The van der Waals surface area contributed by atoms with Crippen molar-refractivity contribution in [1.29, 1.82) is 0 Å². The van der Waals surface area contributed by atoms with Crippen LogP contribution in [-0.4, -0.2) is 24.6 Å². The van der Waals surface area contributed by atoms with Gasteiger partial charge in [0.05, 0.1) is 16.2 Å². The van der Waals surface area contributed by atoms with Crippen molar-refractivity contribution in [2.45, 2.75) is 44.8 Å². The number of alkyl halides is 3. The van der Waals surface area contributed by atoms with Crippen molar-refractivity contribution in [2.75, 3.05) is 11.9 Å². The van der Waals surface area contributed by atoms with Crippen LogP contribution in [0.2, 0.25) is 0 Å². The van der Waals surface area contributed by atoms with Crippen LogP contribution in [0.5, 0.6) is 5.75 Å². The third-order valence-corrected chi connectivity index (χ3v) is 3.87. The zero-order chi connectivity index (χ0) is 15.7. The van der Waals surface area contributed by atoms with Crippen LogP contribution in [0, 0.1) is 0 Å². The lowest BCUT2D eigenvalue weighted by molar-refractivity contribution is -0.274. The first-order valence-electron chi connectivity index (χ1n) is 6.62. The van der Waals surface area contributed by atoms with Crippen LogP contribution in [0.3, 0.4) is 0 Å². The van der Waals surface area contributed by atoms with E-state index in [1.165, 1.54) is 6.07 Å². The van der Waals surface area contributed by atoms with Gasteiger partial charge in [0, 0.05) is 12.2 Å². The predicted octanol–water partition coefficient (Wildman–Crippen LogP) is 4.72. The fourth-order valence-electron chi connectivity index (χ4n) is 2.27. The van der Waals surface area contributed by atoms with Crippen molar-refractivity contribution < 1.29 is 22.6 Å². The first kappa shape index (κ1) is 16.4. The van der Waals surface area contributed by atoms with Gasteiger partial charge in [-0.1, -0.05) is 0 Å². The van der Waals surface area contributed by atoms with Gasteiger partial charge in [-0.2, -0.15) is 0 Å². The Morgan fingerprint density at radius 2 is 2.14 bits per heavy atom. The molecule has 1 aliphatic heterocycles. The number of hydrogen-bond donors (Lipinski definition) is 1. The van der Waals surface area contributed by atoms with Gasteiger partial charge in [-0.15, -0.1) is 13.2 Å². The van der Waals surface area contributed by atoms with Crippen molar-refractivity contribution in [1.82, 2.24) is 0 Å². The van der Waals surface area contributed by atoms with Gasteiger partial charge in [0.1, 0.15) is 5.75 Å². The van der Waals surface area contributed by atoms with E-state index in [4.69, 9.17) is 4.74 Å². The molecule has 1 aliphatic rings. The van der Waals surface area contributed by atoms with E-state index >= 15 is 0 Å². The molecule has 1 atom stereocenters. The maximum Gasteiger partial charge on any atom is 0.573 e. The summed E-state index contributed by atoms with van der Waals surface area (Å²) in [6.07, 6.45) is -2.61. The summed E-state index contributed by atoms with van der Waals surface area (Å²) in [7, 11) is 0. The molecule has 0 amide bonds. The Morgan fingerprint density at radius 3 is 2.67 bits per heavy atom. The highest BCUT2D eigenvalue weighted by atomic mass is 79.9. The van der Waals surface area contributed by atoms with Gasteiger partial charge in [0.25, 0.3) is 0 Å². The number of hydrogen-bond acceptors (Lipinski definition) is 3. The molecule has 118 valence electrons. The zero-order valence-electron chi connectivity index (χ0n) is 11.8. The minimum Gasteiger partial charge on any atom is -0.405 e. The van der Waals surface area contributed by atoms with E-state index in [1.807, 2.05) is 13.8 Å². The van der Waals surface area contributed by atoms with Crippen LogP contribution < -0.4 is 10.1 Å². The van der Waals surface area contributed by atoms with Crippen LogP contribution in [0.4, 0.5) is 18.9 Å². The SMILES string of the molecule is CC1(C)CCC(CNc2ccc(OC(F)(F)F)c(Br)c2)O1. The van der Waals surface area contributed by atoms with E-state index in [0.29, 0.717) is 12.2 Å². The Bertz CT molecular complexity index is 505. The molecule has 0 spiro atoms. The molecule has 1 aromatic rings. The fraction of sp³-hybridized carbons (Fsp3) is 0.571. The molecule has 2 rings (SSSR count). The Balaban J connectivity index is 1.92. The largest absolute Gasteiger partial charge is 0.573 e. The Labute approximate surface area is 129 Å². The Morgan fingerprint density at radius 1 is 1.43 bits per heavy atom. The van der Waals surface area contributed by atoms with Gasteiger partial charge in [-0.3, -0.25) is 0 Å². The third-order valence-electron chi connectivity index (χ3n) is 3.25. The average molecular weight is 368 g/mol. The summed E-state index contributed by atoms with van der Waals surface area (Å²) in [6, 6.07) is 4.38. The summed E-state index contributed by atoms with van der Waals surface area (Å²) >= 11 is 3.08. The Kier molecular flexibility index (Phi) is 4.72. The first-order valence-corrected chi connectivity index (χ1v) is 7.41. The monoisotopic (exact) mass is 367 g/mol. The highest BCUT2D eigenvalue weighted by molar-refractivity contribution is 9.10. The quantitative estimate of drug-likeness (QED) is 0.835. The van der Waals surface area contributed by atoms with Crippen LogP contribution >= 0.6 is 15.9 Å². The van der Waals surface area contributed by atoms with E-state index in [9.17, 15) is 13.2 Å². The number of nitrogens with one attached hydrogen (secondary N) is 1. The maximum atomic E-state index is 12.2. The lowest BCUT2D eigenvalue weighted by Gasteiger charge is -2.20. The van der Waals surface area contributed by atoms with Gasteiger partial charge < -0.3 is 14.8 Å². The number of anilines is 1. The molecule has 0 saturated carbocycles. The second-order valence-electron chi connectivity index (χ2n) is 5.61. The molecule has 0 aliphatic carbocycles. The van der Waals surface area contributed by atoms with Crippen molar-refractivity contribution in [3.8, 4) is 5.75 Å². The summed E-state index contributed by atoms with van der Waals surface area (Å²) in [5.41, 5.74) is 0.613. The summed E-state index contributed by atoms with van der Waals surface area (Å²) in [5, 5.41) is 3.16. The topological polar surface area (TPSA) is 30.5 Å². The molecule has 1 aromatic carbocycles. The average Bonchev–Trinajstić information content (AvgIpc) is 2.68. The number of halogens is 4. The van der Waals surface area contributed by atoms with Gasteiger partial charge in [0.15, 0.2) is 0 Å². The molecule has 7 heteroatoms. The van der Waals surface area contributed by atoms with Crippen LogP contribution in [0.1, 0.15) is 26.7 Å². The molecule has 0 bridgehead atoms. The molecule has 1 heterocycles. The van der Waals surface area contributed by atoms with Gasteiger partial charge in [-0.25, -0.2) is 0 Å². The molecule has 21 heavy (non-hydrogen) atoms. The second kappa shape index (κ2) is 6.04. The van der Waals surface area contributed by atoms with Crippen molar-refractivity contribution in [3.05, 3.63) is 22.7 Å². The smallest absolute Gasteiger partial charge is 0.405 e. The van der Waals surface area contributed by atoms with E-state index in [1.54, 1.807) is 12.1 Å². The highest BCUT2D eigenvalue weighted by Crippen LogP contribution is 2.33. The molecular weight excluding hydrogens is 351 g/mol. The molecule has 1 fully saturated rings. The summed E-state index contributed by atoms with van der Waals surface area (Å²) in [4.78, 5) is 0. The molecule has 1 unspecified atom stereocenters. The molecule has 0 aromatic heterocycles. The van der Waals surface area contributed by atoms with E-state index in [0.717, 1.165) is 12.8 Å². The second-order valence-corrected chi connectivity index (χ2v) is 6.47. The molecule has 0 radical (unpaired) electrons. The van der Waals surface area contributed by atoms with Crippen LogP contribution in [0.15, 0.2) is 22.7 Å². The van der Waals surface area contributed by atoms with E-state index in [-0.39, 0.29) is 21.9 Å². The standard InChI is InChI=1S/C14H17BrF3NO2/c1-13(2)6-5-10(20-13)8-19-9-3-4-12(11(15)7-9)21-14(16,17)18/h3-4,7,10,19H,5-6,8H2,1-2H3. The number of benzene rings is 1. The van der Waals surface area contributed by atoms with E-state index < -0.39 is 6.36 Å². The van der Waals surface area contributed by atoms with Gasteiger partial charge >= 0.3 is 6.36 Å². The third kappa shape index (κ3) is 5.07. The fourth-order valence-corrected chi connectivity index (χ4v) is 2.73. The molecule has 3 nitrogen and oxygen atoms in total. The van der Waals surface area contributed by atoms with Gasteiger partial charge in [0.2, 0.25) is 0 Å². The summed E-state index contributed by atoms with van der Waals surface area (Å²) in [6.45, 7) is 4.72. The van der Waals surface area contributed by atoms with Crippen molar-refractivity contribution in [2.24, 2.45) is 0 Å². The van der Waals surface area contributed by atoms with Crippen LogP contribution in [-0.2, 0) is 4.74 Å². The van der Waals surface area contributed by atoms with Crippen molar-refractivity contribution >= 4 is 21.6 Å². The summed E-state index contributed by atoms with van der Waals surface area (Å²) in [5.74, 6) is -0.258. The number of rotatable bonds is 4. The van der Waals surface area contributed by atoms with Gasteiger partial charge in [-0.05, 0) is 60.8 Å². The van der Waals surface area contributed by atoms with Crippen LogP contribution in [0.25, 0.3) is 0 Å². The minimum absolute atomic E-state index is 0.0999.